The molecule has 8 heteroatoms. The monoisotopic (exact) mass is 416 g/mol. The zero-order valence-electron chi connectivity index (χ0n) is 17.7. The molecule has 31 heavy (non-hydrogen) atoms. The molecule has 1 aliphatic heterocycles. The Morgan fingerprint density at radius 3 is 2.58 bits per heavy atom. The summed E-state index contributed by atoms with van der Waals surface area (Å²) in [7, 11) is 0. The van der Waals surface area contributed by atoms with Crippen molar-refractivity contribution in [2.75, 3.05) is 31.2 Å². The second-order valence-corrected chi connectivity index (χ2v) is 7.59. The zero-order chi connectivity index (χ0) is 21.2. The summed E-state index contributed by atoms with van der Waals surface area (Å²) in [6.07, 6.45) is 0. The van der Waals surface area contributed by atoms with Crippen LogP contribution in [0.25, 0.3) is 16.9 Å². The van der Waals surface area contributed by atoms with Crippen LogP contribution in [-0.2, 0) is 11.3 Å². The molecular formula is C23H24N6O2. The summed E-state index contributed by atoms with van der Waals surface area (Å²) in [4.78, 5) is 6.93. The molecule has 5 rings (SSSR count). The van der Waals surface area contributed by atoms with Gasteiger partial charge in [-0.25, -0.2) is 4.98 Å². The second kappa shape index (κ2) is 8.31. The van der Waals surface area contributed by atoms with Crippen LogP contribution in [0, 0.1) is 13.8 Å². The van der Waals surface area contributed by atoms with E-state index in [4.69, 9.17) is 14.3 Å². The van der Waals surface area contributed by atoms with Crippen LogP contribution in [0.2, 0.25) is 0 Å². The maximum atomic E-state index is 5.68. The number of furan rings is 1. The molecule has 1 saturated heterocycles. The summed E-state index contributed by atoms with van der Waals surface area (Å²) in [6.45, 7) is 7.30. The minimum atomic E-state index is 0.378. The first kappa shape index (κ1) is 19.4. The zero-order valence-corrected chi connectivity index (χ0v) is 17.7. The van der Waals surface area contributed by atoms with Gasteiger partial charge in [-0.05, 0) is 25.5 Å². The lowest BCUT2D eigenvalue weighted by molar-refractivity contribution is 0.122. The highest BCUT2D eigenvalue weighted by Crippen LogP contribution is 2.27. The fraction of sp³-hybridized carbons (Fsp3) is 0.304. The number of hydrogen-bond acceptors (Lipinski definition) is 7. The van der Waals surface area contributed by atoms with Gasteiger partial charge in [0.1, 0.15) is 23.9 Å². The van der Waals surface area contributed by atoms with Gasteiger partial charge in [0.2, 0.25) is 0 Å². The number of hydrogen-bond donors (Lipinski definition) is 0. The minimum absolute atomic E-state index is 0.378. The number of azo groups is 1. The molecule has 0 N–H and O–H groups in total. The van der Waals surface area contributed by atoms with Gasteiger partial charge >= 0.3 is 0 Å². The van der Waals surface area contributed by atoms with E-state index in [1.54, 1.807) is 0 Å². The molecule has 8 nitrogen and oxygen atoms in total. The Morgan fingerprint density at radius 2 is 1.84 bits per heavy atom. The molecule has 0 saturated carbocycles. The normalized spacial score (nSPS) is 14.7. The number of rotatable bonds is 5. The third-order valence-corrected chi connectivity index (χ3v) is 5.42. The number of aryl methyl sites for hydroxylation is 2. The van der Waals surface area contributed by atoms with Crippen LogP contribution >= 0.6 is 0 Å². The fourth-order valence-corrected chi connectivity index (χ4v) is 3.67. The van der Waals surface area contributed by atoms with Gasteiger partial charge in [0.05, 0.1) is 18.9 Å². The largest absolute Gasteiger partial charge is 0.464 e. The van der Waals surface area contributed by atoms with E-state index >= 15 is 0 Å². The van der Waals surface area contributed by atoms with Crippen molar-refractivity contribution in [3.05, 3.63) is 65.6 Å². The van der Waals surface area contributed by atoms with Gasteiger partial charge in [-0.2, -0.15) is 14.7 Å². The van der Waals surface area contributed by atoms with Crippen LogP contribution in [0.1, 0.15) is 17.1 Å². The van der Waals surface area contributed by atoms with Crippen LogP contribution < -0.4 is 4.90 Å². The lowest BCUT2D eigenvalue weighted by atomic mass is 10.2. The average molecular weight is 416 g/mol. The number of ether oxygens (including phenoxy) is 1. The first-order valence-electron chi connectivity index (χ1n) is 10.4. The van der Waals surface area contributed by atoms with E-state index in [1.807, 2.05) is 66.9 Å². The number of anilines is 1. The Labute approximate surface area is 180 Å². The van der Waals surface area contributed by atoms with Crippen LogP contribution in [0.15, 0.2) is 63.2 Å². The number of morpholine rings is 1. The topological polar surface area (TPSA) is 80.5 Å². The average Bonchev–Trinajstić information content (AvgIpc) is 3.37. The summed E-state index contributed by atoms with van der Waals surface area (Å²) in [5, 5.41) is 13.5. The molecule has 1 aromatic carbocycles. The van der Waals surface area contributed by atoms with E-state index in [0.717, 1.165) is 52.9 Å². The van der Waals surface area contributed by atoms with Crippen LogP contribution in [0.5, 0.6) is 0 Å². The lowest BCUT2D eigenvalue weighted by Gasteiger charge is -2.28. The Hall–Kier alpha value is -3.52. The maximum absolute atomic E-state index is 5.68. The molecule has 3 aromatic heterocycles. The van der Waals surface area contributed by atoms with E-state index in [-0.39, 0.29) is 0 Å². The van der Waals surface area contributed by atoms with E-state index in [1.165, 1.54) is 0 Å². The summed E-state index contributed by atoms with van der Waals surface area (Å²) in [5.74, 6) is 3.19. The quantitative estimate of drug-likeness (QED) is 0.440. The molecule has 4 aromatic rings. The Balaban J connectivity index is 1.51. The molecule has 0 radical (unpaired) electrons. The molecule has 4 heterocycles. The maximum Gasteiger partial charge on any atom is 0.179 e. The van der Waals surface area contributed by atoms with Gasteiger partial charge in [-0.15, -0.1) is 5.11 Å². The van der Waals surface area contributed by atoms with Crippen molar-refractivity contribution in [1.29, 1.82) is 0 Å². The van der Waals surface area contributed by atoms with Gasteiger partial charge in [0, 0.05) is 30.8 Å². The molecule has 0 unspecified atom stereocenters. The Kier molecular flexibility index (Phi) is 5.21. The van der Waals surface area contributed by atoms with Crippen molar-refractivity contribution >= 4 is 17.3 Å². The van der Waals surface area contributed by atoms with Gasteiger partial charge in [0.15, 0.2) is 11.5 Å². The van der Waals surface area contributed by atoms with Crippen molar-refractivity contribution in [3.63, 3.8) is 0 Å². The standard InChI is InChI=1S/C23H24N6O2/c1-16-12-19(31-17(16)2)15-24-26-21-14-23(28-8-10-30-11-9-28)29-22(25-21)13-20(27-29)18-6-4-3-5-7-18/h3-7,12-14H,8-11,15H2,1-2H3. The van der Waals surface area contributed by atoms with Gasteiger partial charge < -0.3 is 14.1 Å². The molecule has 0 aliphatic carbocycles. The number of fused-ring (bicyclic) bond motifs is 1. The highest BCUT2D eigenvalue weighted by Gasteiger charge is 2.18. The van der Waals surface area contributed by atoms with Crippen molar-refractivity contribution in [2.24, 2.45) is 10.2 Å². The SMILES string of the molecule is Cc1cc(CN=Nc2cc(N3CCOCC3)n3nc(-c4ccccc4)cc3n2)oc1C. The predicted molar refractivity (Wildman–Crippen MR) is 118 cm³/mol. The highest BCUT2D eigenvalue weighted by atomic mass is 16.5. The summed E-state index contributed by atoms with van der Waals surface area (Å²) in [6, 6.07) is 16.0. The van der Waals surface area contributed by atoms with E-state index in [0.29, 0.717) is 25.6 Å². The number of aromatic nitrogens is 3. The fourth-order valence-electron chi connectivity index (χ4n) is 3.67. The first-order chi connectivity index (χ1) is 15.2. The van der Waals surface area contributed by atoms with Crippen molar-refractivity contribution < 1.29 is 9.15 Å². The van der Waals surface area contributed by atoms with Crippen LogP contribution in [-0.4, -0.2) is 40.9 Å². The van der Waals surface area contributed by atoms with E-state index < -0.39 is 0 Å². The molecule has 0 bridgehead atoms. The molecule has 158 valence electrons. The van der Waals surface area contributed by atoms with Crippen LogP contribution in [0.4, 0.5) is 11.6 Å². The summed E-state index contributed by atoms with van der Waals surface area (Å²) >= 11 is 0. The Bertz CT molecular complexity index is 1200. The lowest BCUT2D eigenvalue weighted by Crippen LogP contribution is -2.37. The minimum Gasteiger partial charge on any atom is -0.464 e. The molecule has 1 fully saturated rings. The molecule has 1 aliphatic rings. The second-order valence-electron chi connectivity index (χ2n) is 7.59. The van der Waals surface area contributed by atoms with Crippen molar-refractivity contribution in [1.82, 2.24) is 14.6 Å². The number of benzene rings is 1. The highest BCUT2D eigenvalue weighted by molar-refractivity contribution is 5.67. The predicted octanol–water partition coefficient (Wildman–Crippen LogP) is 4.73. The molecular weight excluding hydrogens is 392 g/mol. The molecule has 0 amide bonds. The van der Waals surface area contributed by atoms with Crippen molar-refractivity contribution in [2.45, 2.75) is 20.4 Å². The Morgan fingerprint density at radius 1 is 1.03 bits per heavy atom. The third kappa shape index (κ3) is 4.06. The van der Waals surface area contributed by atoms with Gasteiger partial charge in [0.25, 0.3) is 0 Å². The van der Waals surface area contributed by atoms with Gasteiger partial charge in [-0.1, -0.05) is 30.3 Å². The van der Waals surface area contributed by atoms with E-state index in [9.17, 15) is 0 Å². The molecule has 0 spiro atoms. The van der Waals surface area contributed by atoms with Crippen molar-refractivity contribution in [3.8, 4) is 11.3 Å². The smallest absolute Gasteiger partial charge is 0.179 e. The molecule has 0 atom stereocenters. The number of nitrogens with zero attached hydrogens (tertiary/aromatic N) is 6. The first-order valence-corrected chi connectivity index (χ1v) is 10.4. The van der Waals surface area contributed by atoms with E-state index in [2.05, 4.69) is 20.1 Å². The third-order valence-electron chi connectivity index (χ3n) is 5.42. The van der Waals surface area contributed by atoms with Gasteiger partial charge in [-0.3, -0.25) is 0 Å². The summed E-state index contributed by atoms with van der Waals surface area (Å²) in [5.41, 5.74) is 3.78. The van der Waals surface area contributed by atoms with Crippen LogP contribution in [0.3, 0.4) is 0 Å². The summed E-state index contributed by atoms with van der Waals surface area (Å²) < 4.78 is 13.1.